The van der Waals surface area contributed by atoms with Crippen LogP contribution in [0.25, 0.3) is 0 Å². The lowest BCUT2D eigenvalue weighted by Gasteiger charge is -2.13. The van der Waals surface area contributed by atoms with Gasteiger partial charge in [-0.25, -0.2) is 0 Å². The predicted molar refractivity (Wildman–Crippen MR) is 78.6 cm³/mol. The molecule has 5 heteroatoms. The number of phenols is 1. The van der Waals surface area contributed by atoms with Gasteiger partial charge in [0.05, 0.1) is 5.56 Å². The van der Waals surface area contributed by atoms with E-state index < -0.39 is 0 Å². The molecule has 0 spiro atoms. The van der Waals surface area contributed by atoms with E-state index in [0.717, 1.165) is 16.4 Å². The number of nitrogens with one attached hydrogen (secondary N) is 1. The average Bonchev–Trinajstić information content (AvgIpc) is 3.10. The number of rotatable bonds is 4. The number of carbonyl (C=O) groups excluding carboxylic acids is 1. The molecule has 0 atom stereocenters. The van der Waals surface area contributed by atoms with Gasteiger partial charge in [0, 0.05) is 14.9 Å². The van der Waals surface area contributed by atoms with Crippen molar-refractivity contribution in [3.8, 4) is 5.75 Å². The molecule has 2 N–H and O–H groups in total. The first-order chi connectivity index (χ1) is 8.06. The molecule has 0 unspecified atom stereocenters. The highest BCUT2D eigenvalue weighted by atomic mass is 127. The van der Waals surface area contributed by atoms with Crippen LogP contribution in [0.4, 0.5) is 0 Å². The molecule has 0 radical (unpaired) electrons. The van der Waals surface area contributed by atoms with E-state index in [1.165, 1.54) is 0 Å². The highest BCUT2D eigenvalue weighted by Crippen LogP contribution is 2.46. The second kappa shape index (κ2) is 5.06. The van der Waals surface area contributed by atoms with Gasteiger partial charge in [-0.1, -0.05) is 0 Å². The van der Waals surface area contributed by atoms with Crippen LogP contribution in [0.15, 0.2) is 18.2 Å². The number of phenolic OH excluding ortho intramolecular Hbond substituents is 1. The van der Waals surface area contributed by atoms with Crippen LogP contribution < -0.4 is 5.32 Å². The van der Waals surface area contributed by atoms with Gasteiger partial charge in [0.1, 0.15) is 5.75 Å². The van der Waals surface area contributed by atoms with Crippen LogP contribution in [0.2, 0.25) is 0 Å². The smallest absolute Gasteiger partial charge is 0.255 e. The Bertz CT molecular complexity index is 446. The standard InChI is InChI=1S/C12H14INO2S/c1-17-12(4-5-12)7-14-11(16)9-6-8(13)2-3-10(9)15/h2-3,6,15H,4-5,7H2,1H3,(H,14,16). The SMILES string of the molecule is CSC1(CNC(=O)c2cc(I)ccc2O)CC1. The fourth-order valence-electron chi connectivity index (χ4n) is 1.62. The molecular formula is C12H14INO2S. The number of halogens is 1. The topological polar surface area (TPSA) is 49.3 Å². The van der Waals surface area contributed by atoms with E-state index in [1.807, 2.05) is 0 Å². The second-order valence-corrected chi connectivity index (χ2v) is 6.75. The molecule has 1 fully saturated rings. The number of carbonyl (C=O) groups is 1. The molecule has 1 aliphatic rings. The summed E-state index contributed by atoms with van der Waals surface area (Å²) >= 11 is 3.93. The lowest BCUT2D eigenvalue weighted by Crippen LogP contribution is -2.31. The first kappa shape index (κ1) is 13.0. The number of benzene rings is 1. The van der Waals surface area contributed by atoms with Gasteiger partial charge in [-0.15, -0.1) is 0 Å². The van der Waals surface area contributed by atoms with Gasteiger partial charge in [0.2, 0.25) is 0 Å². The molecule has 0 aliphatic heterocycles. The van der Waals surface area contributed by atoms with Crippen molar-refractivity contribution >= 4 is 40.3 Å². The number of aromatic hydroxyl groups is 1. The van der Waals surface area contributed by atoms with Crippen molar-refractivity contribution in [3.05, 3.63) is 27.3 Å². The molecular weight excluding hydrogens is 349 g/mol. The Balaban J connectivity index is 2.02. The van der Waals surface area contributed by atoms with Crippen LogP contribution in [0, 0.1) is 3.57 Å². The molecule has 0 aromatic heterocycles. The van der Waals surface area contributed by atoms with E-state index in [4.69, 9.17) is 0 Å². The van der Waals surface area contributed by atoms with E-state index in [-0.39, 0.29) is 16.4 Å². The molecule has 0 heterocycles. The summed E-state index contributed by atoms with van der Waals surface area (Å²) in [6.45, 7) is 0.678. The molecule has 0 saturated heterocycles. The molecule has 1 aliphatic carbocycles. The Hall–Kier alpha value is -0.430. The fraction of sp³-hybridized carbons (Fsp3) is 0.417. The average molecular weight is 363 g/mol. The van der Waals surface area contributed by atoms with Gasteiger partial charge < -0.3 is 10.4 Å². The maximum Gasteiger partial charge on any atom is 0.255 e. The van der Waals surface area contributed by atoms with Crippen molar-refractivity contribution < 1.29 is 9.90 Å². The Morgan fingerprint density at radius 3 is 2.88 bits per heavy atom. The lowest BCUT2D eigenvalue weighted by atomic mass is 10.2. The van der Waals surface area contributed by atoms with Gasteiger partial charge in [-0.2, -0.15) is 11.8 Å². The molecule has 92 valence electrons. The van der Waals surface area contributed by atoms with Crippen molar-refractivity contribution in [1.29, 1.82) is 0 Å². The van der Waals surface area contributed by atoms with Crippen LogP contribution in [0.3, 0.4) is 0 Å². The Morgan fingerprint density at radius 2 is 2.29 bits per heavy atom. The van der Waals surface area contributed by atoms with Crippen molar-refractivity contribution in [2.24, 2.45) is 0 Å². The number of thioether (sulfide) groups is 1. The summed E-state index contributed by atoms with van der Waals surface area (Å²) in [4.78, 5) is 11.9. The Labute approximate surface area is 119 Å². The van der Waals surface area contributed by atoms with E-state index in [0.29, 0.717) is 12.1 Å². The largest absolute Gasteiger partial charge is 0.507 e. The van der Waals surface area contributed by atoms with Crippen LogP contribution in [-0.2, 0) is 0 Å². The minimum absolute atomic E-state index is 0.0388. The fourth-order valence-corrected chi connectivity index (χ4v) is 2.84. The normalized spacial score (nSPS) is 16.6. The zero-order chi connectivity index (χ0) is 12.5. The summed E-state index contributed by atoms with van der Waals surface area (Å²) in [6.07, 6.45) is 4.39. The summed E-state index contributed by atoms with van der Waals surface area (Å²) in [5.41, 5.74) is 0.355. The first-order valence-electron chi connectivity index (χ1n) is 5.38. The third-order valence-electron chi connectivity index (χ3n) is 3.02. The van der Waals surface area contributed by atoms with Gasteiger partial charge in [0.25, 0.3) is 5.91 Å². The van der Waals surface area contributed by atoms with E-state index in [2.05, 4.69) is 34.2 Å². The Kier molecular flexibility index (Phi) is 3.87. The van der Waals surface area contributed by atoms with E-state index >= 15 is 0 Å². The second-order valence-electron chi connectivity index (χ2n) is 4.23. The molecule has 17 heavy (non-hydrogen) atoms. The molecule has 1 saturated carbocycles. The summed E-state index contributed by atoms with van der Waals surface area (Å²) in [5.74, 6) is -0.154. The molecule has 1 aromatic carbocycles. The highest BCUT2D eigenvalue weighted by Gasteiger charge is 2.42. The van der Waals surface area contributed by atoms with Crippen LogP contribution >= 0.6 is 34.4 Å². The third kappa shape index (κ3) is 3.07. The maximum absolute atomic E-state index is 11.9. The minimum atomic E-state index is -0.193. The molecule has 1 amide bonds. The summed E-state index contributed by atoms with van der Waals surface area (Å²) < 4.78 is 1.18. The molecule has 3 nitrogen and oxygen atoms in total. The zero-order valence-electron chi connectivity index (χ0n) is 9.50. The number of hydrogen-bond acceptors (Lipinski definition) is 3. The van der Waals surface area contributed by atoms with Crippen molar-refractivity contribution in [2.75, 3.05) is 12.8 Å². The first-order valence-corrected chi connectivity index (χ1v) is 7.68. The zero-order valence-corrected chi connectivity index (χ0v) is 12.5. The summed E-state index contributed by atoms with van der Waals surface area (Å²) in [5, 5.41) is 12.5. The summed E-state index contributed by atoms with van der Waals surface area (Å²) in [7, 11) is 0. The predicted octanol–water partition coefficient (Wildman–Crippen LogP) is 2.62. The van der Waals surface area contributed by atoms with Gasteiger partial charge in [-0.05, 0) is 59.9 Å². The Morgan fingerprint density at radius 1 is 1.59 bits per heavy atom. The number of amides is 1. The van der Waals surface area contributed by atoms with Crippen LogP contribution in [0.1, 0.15) is 23.2 Å². The quantitative estimate of drug-likeness (QED) is 0.809. The van der Waals surface area contributed by atoms with Gasteiger partial charge in [-0.3, -0.25) is 4.79 Å². The highest BCUT2D eigenvalue weighted by molar-refractivity contribution is 14.1. The van der Waals surface area contributed by atoms with Crippen molar-refractivity contribution in [3.63, 3.8) is 0 Å². The third-order valence-corrected chi connectivity index (χ3v) is 5.10. The van der Waals surface area contributed by atoms with Gasteiger partial charge in [0.15, 0.2) is 0 Å². The molecule has 1 aromatic rings. The maximum atomic E-state index is 11.9. The van der Waals surface area contributed by atoms with E-state index in [1.54, 1.807) is 30.0 Å². The lowest BCUT2D eigenvalue weighted by molar-refractivity contribution is 0.0950. The van der Waals surface area contributed by atoms with Crippen LogP contribution in [0.5, 0.6) is 5.75 Å². The van der Waals surface area contributed by atoms with E-state index in [9.17, 15) is 9.90 Å². The molecule has 2 rings (SSSR count). The van der Waals surface area contributed by atoms with Crippen LogP contribution in [-0.4, -0.2) is 28.6 Å². The monoisotopic (exact) mass is 363 g/mol. The molecule has 0 bridgehead atoms. The van der Waals surface area contributed by atoms with Gasteiger partial charge >= 0.3 is 0 Å². The van der Waals surface area contributed by atoms with Crippen molar-refractivity contribution in [2.45, 2.75) is 17.6 Å². The van der Waals surface area contributed by atoms with Crippen molar-refractivity contribution in [1.82, 2.24) is 5.32 Å². The number of hydrogen-bond donors (Lipinski definition) is 2. The summed E-state index contributed by atoms with van der Waals surface area (Å²) in [6, 6.07) is 5.03. The minimum Gasteiger partial charge on any atom is -0.507 e.